The second-order valence-corrected chi connectivity index (χ2v) is 4.38. The van der Waals surface area contributed by atoms with Gasteiger partial charge in [0, 0.05) is 18.4 Å². The van der Waals surface area contributed by atoms with Crippen molar-refractivity contribution >= 4 is 0 Å². The van der Waals surface area contributed by atoms with Crippen LogP contribution >= 0.6 is 0 Å². The maximum atomic E-state index is 2.31. The first-order valence-electron chi connectivity index (χ1n) is 5.86. The minimum Gasteiger partial charge on any atom is -0.352 e. The van der Waals surface area contributed by atoms with Crippen LogP contribution in [0.25, 0.3) is 0 Å². The predicted octanol–water partition coefficient (Wildman–Crippen LogP) is 4.36. The summed E-state index contributed by atoms with van der Waals surface area (Å²) in [6, 6.07) is 2.87. The second kappa shape index (κ2) is 5.23. The maximum Gasteiger partial charge on any atom is 0.0274 e. The Morgan fingerprint density at radius 2 is 2.00 bits per heavy atom. The van der Waals surface area contributed by atoms with Crippen LogP contribution in [0.4, 0.5) is 0 Å². The summed E-state index contributed by atoms with van der Waals surface area (Å²) < 4.78 is 2.30. The number of rotatable bonds is 5. The van der Waals surface area contributed by atoms with Gasteiger partial charge in [0.1, 0.15) is 0 Å². The van der Waals surface area contributed by atoms with E-state index < -0.39 is 0 Å². The minimum atomic E-state index is 0.586. The van der Waals surface area contributed by atoms with Crippen molar-refractivity contribution in [3.05, 3.63) is 24.0 Å². The van der Waals surface area contributed by atoms with E-state index in [4.69, 9.17) is 0 Å². The zero-order valence-corrected chi connectivity index (χ0v) is 9.96. The van der Waals surface area contributed by atoms with E-state index in [9.17, 15) is 0 Å². The summed E-state index contributed by atoms with van der Waals surface area (Å²) in [4.78, 5) is 0. The number of aromatic nitrogens is 1. The SMILES string of the molecule is CCCC(CC)c1ccn(C(C)C)c1. The molecule has 0 saturated heterocycles. The van der Waals surface area contributed by atoms with Gasteiger partial charge in [-0.15, -0.1) is 0 Å². The van der Waals surface area contributed by atoms with Crippen molar-refractivity contribution in [3.63, 3.8) is 0 Å². The summed E-state index contributed by atoms with van der Waals surface area (Å²) in [5, 5.41) is 0. The first-order chi connectivity index (χ1) is 6.69. The molecule has 1 unspecified atom stereocenters. The highest BCUT2D eigenvalue weighted by Crippen LogP contribution is 2.25. The Labute approximate surface area is 88.1 Å². The van der Waals surface area contributed by atoms with Crippen LogP contribution in [0.1, 0.15) is 64.5 Å². The van der Waals surface area contributed by atoms with Gasteiger partial charge in [-0.05, 0) is 44.2 Å². The molecule has 0 aliphatic rings. The Bertz CT molecular complexity index is 260. The summed E-state index contributed by atoms with van der Waals surface area (Å²) in [5.74, 6) is 0.764. The molecular formula is C13H23N. The molecule has 0 aromatic carbocycles. The Morgan fingerprint density at radius 1 is 1.29 bits per heavy atom. The molecule has 0 amide bonds. The molecule has 14 heavy (non-hydrogen) atoms. The highest BCUT2D eigenvalue weighted by atomic mass is 15.0. The van der Waals surface area contributed by atoms with E-state index in [1.54, 1.807) is 0 Å². The Balaban J connectivity index is 2.73. The van der Waals surface area contributed by atoms with E-state index in [2.05, 4.69) is 50.7 Å². The van der Waals surface area contributed by atoms with Crippen molar-refractivity contribution < 1.29 is 0 Å². The molecule has 0 fully saturated rings. The van der Waals surface area contributed by atoms with Crippen LogP contribution < -0.4 is 0 Å². The average molecular weight is 193 g/mol. The van der Waals surface area contributed by atoms with E-state index in [1.807, 2.05) is 0 Å². The fourth-order valence-electron chi connectivity index (χ4n) is 1.95. The molecule has 1 aromatic rings. The number of hydrogen-bond acceptors (Lipinski definition) is 0. The molecular weight excluding hydrogens is 170 g/mol. The molecule has 1 aromatic heterocycles. The Morgan fingerprint density at radius 3 is 2.43 bits per heavy atom. The normalized spacial score (nSPS) is 13.5. The van der Waals surface area contributed by atoms with Gasteiger partial charge in [-0.1, -0.05) is 20.3 Å². The number of hydrogen-bond donors (Lipinski definition) is 0. The molecule has 0 aliphatic carbocycles. The third-order valence-electron chi connectivity index (χ3n) is 2.93. The molecule has 0 N–H and O–H groups in total. The van der Waals surface area contributed by atoms with Crippen LogP contribution in [-0.2, 0) is 0 Å². The van der Waals surface area contributed by atoms with Crippen LogP contribution in [0.15, 0.2) is 18.5 Å². The lowest BCUT2D eigenvalue weighted by molar-refractivity contribution is 0.578. The van der Waals surface area contributed by atoms with Gasteiger partial charge in [0.05, 0.1) is 0 Å². The van der Waals surface area contributed by atoms with Crippen LogP contribution in [0.2, 0.25) is 0 Å². The largest absolute Gasteiger partial charge is 0.352 e. The molecule has 0 bridgehead atoms. The van der Waals surface area contributed by atoms with Crippen LogP contribution in [-0.4, -0.2) is 4.57 Å². The van der Waals surface area contributed by atoms with E-state index in [0.29, 0.717) is 6.04 Å². The van der Waals surface area contributed by atoms with Crippen molar-refractivity contribution in [1.29, 1.82) is 0 Å². The molecule has 1 heterocycles. The van der Waals surface area contributed by atoms with Crippen LogP contribution in [0.3, 0.4) is 0 Å². The highest BCUT2D eigenvalue weighted by Gasteiger charge is 2.10. The third kappa shape index (κ3) is 2.63. The quantitative estimate of drug-likeness (QED) is 0.654. The molecule has 0 spiro atoms. The van der Waals surface area contributed by atoms with Gasteiger partial charge in [-0.25, -0.2) is 0 Å². The lowest BCUT2D eigenvalue weighted by atomic mass is 9.94. The maximum absolute atomic E-state index is 2.31. The summed E-state index contributed by atoms with van der Waals surface area (Å²) in [5.41, 5.74) is 1.52. The molecule has 0 radical (unpaired) electrons. The third-order valence-corrected chi connectivity index (χ3v) is 2.93. The standard InChI is InChI=1S/C13H23N/c1-5-7-12(6-2)13-8-9-14(10-13)11(3)4/h8-12H,5-7H2,1-4H3. The lowest BCUT2D eigenvalue weighted by Gasteiger charge is -2.12. The van der Waals surface area contributed by atoms with Crippen molar-refractivity contribution in [3.8, 4) is 0 Å². The molecule has 0 aliphatic heterocycles. The molecule has 1 atom stereocenters. The molecule has 1 heteroatoms. The zero-order chi connectivity index (χ0) is 10.6. The summed E-state index contributed by atoms with van der Waals surface area (Å²) in [7, 11) is 0. The van der Waals surface area contributed by atoms with Gasteiger partial charge >= 0.3 is 0 Å². The predicted molar refractivity (Wildman–Crippen MR) is 62.8 cm³/mol. The topological polar surface area (TPSA) is 4.93 Å². The lowest BCUT2D eigenvalue weighted by Crippen LogP contribution is -1.98. The molecule has 1 rings (SSSR count). The molecule has 0 saturated carbocycles. The fraction of sp³-hybridized carbons (Fsp3) is 0.692. The molecule has 80 valence electrons. The first kappa shape index (κ1) is 11.4. The van der Waals surface area contributed by atoms with Gasteiger partial charge < -0.3 is 4.57 Å². The first-order valence-corrected chi connectivity index (χ1v) is 5.86. The molecule has 1 nitrogen and oxygen atoms in total. The average Bonchev–Trinajstić information content (AvgIpc) is 2.63. The van der Waals surface area contributed by atoms with Crippen LogP contribution in [0, 0.1) is 0 Å². The second-order valence-electron chi connectivity index (χ2n) is 4.38. The van der Waals surface area contributed by atoms with E-state index in [-0.39, 0.29) is 0 Å². The van der Waals surface area contributed by atoms with Crippen molar-refractivity contribution in [2.45, 2.75) is 58.9 Å². The van der Waals surface area contributed by atoms with Gasteiger partial charge in [0.25, 0.3) is 0 Å². The minimum absolute atomic E-state index is 0.586. The van der Waals surface area contributed by atoms with Gasteiger partial charge in [0.2, 0.25) is 0 Å². The van der Waals surface area contributed by atoms with E-state index >= 15 is 0 Å². The fourth-order valence-corrected chi connectivity index (χ4v) is 1.95. The summed E-state index contributed by atoms with van der Waals surface area (Å²) >= 11 is 0. The van der Waals surface area contributed by atoms with Crippen molar-refractivity contribution in [2.24, 2.45) is 0 Å². The zero-order valence-electron chi connectivity index (χ0n) is 9.96. The summed E-state index contributed by atoms with van der Waals surface area (Å²) in [6.07, 6.45) is 8.38. The van der Waals surface area contributed by atoms with Gasteiger partial charge in [-0.3, -0.25) is 0 Å². The Kier molecular flexibility index (Phi) is 4.24. The monoisotopic (exact) mass is 193 g/mol. The summed E-state index contributed by atoms with van der Waals surface area (Å²) in [6.45, 7) is 9.00. The van der Waals surface area contributed by atoms with Gasteiger partial charge in [0.15, 0.2) is 0 Å². The van der Waals surface area contributed by atoms with Crippen molar-refractivity contribution in [1.82, 2.24) is 4.57 Å². The smallest absolute Gasteiger partial charge is 0.0274 e. The van der Waals surface area contributed by atoms with E-state index in [1.165, 1.54) is 24.8 Å². The van der Waals surface area contributed by atoms with Crippen LogP contribution in [0.5, 0.6) is 0 Å². The van der Waals surface area contributed by atoms with Crippen molar-refractivity contribution in [2.75, 3.05) is 0 Å². The Hall–Kier alpha value is -0.720. The van der Waals surface area contributed by atoms with Gasteiger partial charge in [-0.2, -0.15) is 0 Å². The number of nitrogens with zero attached hydrogens (tertiary/aromatic N) is 1. The highest BCUT2D eigenvalue weighted by molar-refractivity contribution is 5.16. The van der Waals surface area contributed by atoms with E-state index in [0.717, 1.165) is 5.92 Å².